The van der Waals surface area contributed by atoms with Crippen molar-refractivity contribution in [2.24, 2.45) is 0 Å². The summed E-state index contributed by atoms with van der Waals surface area (Å²) in [6.45, 7) is 4.03. The third-order valence-corrected chi connectivity index (χ3v) is 3.87. The molecule has 0 unspecified atom stereocenters. The maximum Gasteiger partial charge on any atom is 0.187 e. The van der Waals surface area contributed by atoms with Crippen molar-refractivity contribution in [1.29, 1.82) is 0 Å². The molecule has 2 rings (SSSR count). The maximum atomic E-state index is 11.9. The molecule has 0 saturated heterocycles. The molecule has 2 aromatic rings. The highest BCUT2D eigenvalue weighted by molar-refractivity contribution is 9.10. The van der Waals surface area contributed by atoms with E-state index in [1.807, 2.05) is 56.3 Å². The lowest BCUT2D eigenvalue weighted by Gasteiger charge is -2.03. The summed E-state index contributed by atoms with van der Waals surface area (Å²) in [5, 5.41) is 3.10. The molecule has 2 nitrogen and oxygen atoms in total. The van der Waals surface area contributed by atoms with Crippen molar-refractivity contribution < 1.29 is 4.79 Å². The maximum absolute atomic E-state index is 11.9. The van der Waals surface area contributed by atoms with Gasteiger partial charge in [0.1, 0.15) is 0 Å². The number of hydrogen-bond donors (Lipinski definition) is 1. The van der Waals surface area contributed by atoms with Crippen molar-refractivity contribution in [3.8, 4) is 0 Å². The molecule has 2 aromatic carbocycles. The molecule has 0 saturated carbocycles. The van der Waals surface area contributed by atoms with Crippen LogP contribution in [-0.2, 0) is 0 Å². The quantitative estimate of drug-likeness (QED) is 0.640. The molecule has 0 spiro atoms. The number of carbonyl (C=O) groups is 1. The van der Waals surface area contributed by atoms with Crippen molar-refractivity contribution >= 4 is 27.4 Å². The van der Waals surface area contributed by atoms with Crippen LogP contribution in [0.2, 0.25) is 0 Å². The first kappa shape index (κ1) is 14.5. The van der Waals surface area contributed by atoms with E-state index in [2.05, 4.69) is 21.2 Å². The van der Waals surface area contributed by atoms with E-state index >= 15 is 0 Å². The first-order valence-electron chi connectivity index (χ1n) is 6.36. The lowest BCUT2D eigenvalue weighted by molar-refractivity contribution is 0.104. The van der Waals surface area contributed by atoms with Crippen LogP contribution in [0.5, 0.6) is 0 Å². The van der Waals surface area contributed by atoms with Gasteiger partial charge in [0.2, 0.25) is 0 Å². The molecule has 0 fully saturated rings. The highest BCUT2D eigenvalue weighted by Crippen LogP contribution is 2.19. The second-order valence-electron chi connectivity index (χ2n) is 4.67. The normalized spacial score (nSPS) is 10.8. The molecule has 0 aliphatic heterocycles. The minimum Gasteiger partial charge on any atom is -0.362 e. The first-order valence-corrected chi connectivity index (χ1v) is 7.16. The Morgan fingerprint density at radius 2 is 1.80 bits per heavy atom. The average molecular weight is 330 g/mol. The van der Waals surface area contributed by atoms with E-state index in [4.69, 9.17) is 0 Å². The van der Waals surface area contributed by atoms with Gasteiger partial charge in [0.15, 0.2) is 5.78 Å². The van der Waals surface area contributed by atoms with E-state index in [0.717, 1.165) is 21.3 Å². The Morgan fingerprint density at radius 1 is 1.10 bits per heavy atom. The summed E-state index contributed by atoms with van der Waals surface area (Å²) in [7, 11) is 0. The lowest BCUT2D eigenvalue weighted by Crippen LogP contribution is -1.96. The fraction of sp³-hybridized carbons (Fsp3) is 0.118. The predicted octanol–water partition coefficient (Wildman–Crippen LogP) is 4.87. The zero-order valence-corrected chi connectivity index (χ0v) is 13.1. The highest BCUT2D eigenvalue weighted by atomic mass is 79.9. The van der Waals surface area contributed by atoms with Crippen LogP contribution in [0.4, 0.5) is 5.69 Å². The van der Waals surface area contributed by atoms with E-state index in [0.29, 0.717) is 5.56 Å². The van der Waals surface area contributed by atoms with Gasteiger partial charge >= 0.3 is 0 Å². The van der Waals surface area contributed by atoms with E-state index in [9.17, 15) is 4.79 Å². The topological polar surface area (TPSA) is 29.1 Å². The van der Waals surface area contributed by atoms with Crippen molar-refractivity contribution in [2.45, 2.75) is 13.8 Å². The highest BCUT2D eigenvalue weighted by Gasteiger charge is 2.00. The molecule has 0 aromatic heterocycles. The van der Waals surface area contributed by atoms with Crippen LogP contribution >= 0.6 is 15.9 Å². The van der Waals surface area contributed by atoms with Crippen LogP contribution in [0.3, 0.4) is 0 Å². The Bertz CT molecular complexity index is 645. The standard InChI is InChI=1S/C17H16BrNO/c1-12-3-5-14(6-4-12)17(20)9-10-19-15-7-8-16(18)13(2)11-15/h3-11,19H,1-2H3. The summed E-state index contributed by atoms with van der Waals surface area (Å²) in [5.74, 6) is -0.00802. The molecule has 3 heteroatoms. The van der Waals surface area contributed by atoms with Crippen LogP contribution in [0.25, 0.3) is 0 Å². The lowest BCUT2D eigenvalue weighted by atomic mass is 10.1. The van der Waals surface area contributed by atoms with Crippen molar-refractivity contribution in [1.82, 2.24) is 0 Å². The molecule has 0 bridgehead atoms. The summed E-state index contributed by atoms with van der Waals surface area (Å²) >= 11 is 3.46. The SMILES string of the molecule is Cc1ccc(C(=O)C=CNc2ccc(Br)c(C)c2)cc1. The smallest absolute Gasteiger partial charge is 0.187 e. The molecule has 1 N–H and O–H groups in total. The number of aryl methyl sites for hydroxylation is 2. The number of rotatable bonds is 4. The summed E-state index contributed by atoms with van der Waals surface area (Å²) in [6.07, 6.45) is 3.22. The fourth-order valence-electron chi connectivity index (χ4n) is 1.76. The molecule has 0 aliphatic rings. The van der Waals surface area contributed by atoms with Gasteiger partial charge in [-0.05, 0) is 37.6 Å². The Morgan fingerprint density at radius 3 is 2.45 bits per heavy atom. The molecule has 20 heavy (non-hydrogen) atoms. The van der Waals surface area contributed by atoms with Gasteiger partial charge in [-0.2, -0.15) is 0 Å². The summed E-state index contributed by atoms with van der Waals surface area (Å²) < 4.78 is 1.07. The van der Waals surface area contributed by atoms with Gasteiger partial charge in [0.05, 0.1) is 0 Å². The van der Waals surface area contributed by atoms with Crippen molar-refractivity contribution in [3.63, 3.8) is 0 Å². The minimum atomic E-state index is -0.00802. The van der Waals surface area contributed by atoms with Crippen LogP contribution in [-0.4, -0.2) is 5.78 Å². The van der Waals surface area contributed by atoms with Gasteiger partial charge in [-0.15, -0.1) is 0 Å². The number of carbonyl (C=O) groups excluding carboxylic acids is 1. The van der Waals surface area contributed by atoms with Gasteiger partial charge in [-0.3, -0.25) is 4.79 Å². The number of benzene rings is 2. The van der Waals surface area contributed by atoms with Gasteiger partial charge in [-0.25, -0.2) is 0 Å². The van der Waals surface area contributed by atoms with E-state index in [1.165, 1.54) is 0 Å². The van der Waals surface area contributed by atoms with Gasteiger partial charge in [-0.1, -0.05) is 45.8 Å². The number of nitrogens with one attached hydrogen (secondary N) is 1. The van der Waals surface area contributed by atoms with E-state index in [-0.39, 0.29) is 5.78 Å². The third kappa shape index (κ3) is 3.81. The Hall–Kier alpha value is -1.87. The Labute approximate surface area is 127 Å². The van der Waals surface area contributed by atoms with Crippen LogP contribution in [0, 0.1) is 13.8 Å². The van der Waals surface area contributed by atoms with E-state index < -0.39 is 0 Å². The second kappa shape index (κ2) is 6.53. The molecule has 0 radical (unpaired) electrons. The second-order valence-corrected chi connectivity index (χ2v) is 5.53. The number of ketones is 1. The number of hydrogen-bond acceptors (Lipinski definition) is 2. The molecular weight excluding hydrogens is 314 g/mol. The largest absolute Gasteiger partial charge is 0.362 e. The Balaban J connectivity index is 2.00. The minimum absolute atomic E-state index is 0.00802. The third-order valence-electron chi connectivity index (χ3n) is 2.98. The monoisotopic (exact) mass is 329 g/mol. The van der Waals surface area contributed by atoms with Crippen LogP contribution < -0.4 is 5.32 Å². The van der Waals surface area contributed by atoms with Crippen molar-refractivity contribution in [2.75, 3.05) is 5.32 Å². The molecular formula is C17H16BrNO. The van der Waals surface area contributed by atoms with Gasteiger partial charge < -0.3 is 5.32 Å². The van der Waals surface area contributed by atoms with E-state index in [1.54, 1.807) is 12.3 Å². The predicted molar refractivity (Wildman–Crippen MR) is 87.2 cm³/mol. The molecule has 0 heterocycles. The number of halogens is 1. The zero-order chi connectivity index (χ0) is 14.5. The average Bonchev–Trinajstić information content (AvgIpc) is 2.43. The van der Waals surface area contributed by atoms with Crippen LogP contribution in [0.15, 0.2) is 59.2 Å². The molecule has 0 amide bonds. The first-order chi connectivity index (χ1) is 9.56. The van der Waals surface area contributed by atoms with Crippen molar-refractivity contribution in [3.05, 3.63) is 75.9 Å². The zero-order valence-electron chi connectivity index (χ0n) is 11.5. The Kier molecular flexibility index (Phi) is 4.74. The van der Waals surface area contributed by atoms with Gasteiger partial charge in [0, 0.05) is 28.0 Å². The van der Waals surface area contributed by atoms with Crippen LogP contribution in [0.1, 0.15) is 21.5 Å². The van der Waals surface area contributed by atoms with Gasteiger partial charge in [0.25, 0.3) is 0 Å². The summed E-state index contributed by atoms with van der Waals surface area (Å²) in [5.41, 5.74) is 3.95. The summed E-state index contributed by atoms with van der Waals surface area (Å²) in [4.78, 5) is 11.9. The molecule has 0 aliphatic carbocycles. The molecule has 0 atom stereocenters. The fourth-order valence-corrected chi connectivity index (χ4v) is 2.01. The summed E-state index contributed by atoms with van der Waals surface area (Å²) in [6, 6.07) is 13.5. The number of anilines is 1. The molecule has 102 valence electrons. The number of allylic oxidation sites excluding steroid dienone is 1.